The highest BCUT2D eigenvalue weighted by Gasteiger charge is 2.05. The van der Waals surface area contributed by atoms with E-state index in [4.69, 9.17) is 10.00 Å². The highest BCUT2D eigenvalue weighted by molar-refractivity contribution is 5.45. The van der Waals surface area contributed by atoms with Crippen LogP contribution in [-0.2, 0) is 0 Å². The second kappa shape index (κ2) is 3.95. The van der Waals surface area contributed by atoms with Gasteiger partial charge in [-0.25, -0.2) is 0 Å². The molecule has 0 aliphatic carbocycles. The zero-order valence-electron chi connectivity index (χ0n) is 8.16. The number of nitriles is 1. The van der Waals surface area contributed by atoms with Crippen LogP contribution in [0.1, 0.15) is 30.9 Å². The van der Waals surface area contributed by atoms with E-state index in [9.17, 15) is 0 Å². The molecule has 0 aliphatic rings. The first-order valence-electron chi connectivity index (χ1n) is 4.27. The van der Waals surface area contributed by atoms with Crippen molar-refractivity contribution in [1.82, 2.24) is 0 Å². The Hall–Kier alpha value is -1.49. The summed E-state index contributed by atoms with van der Waals surface area (Å²) in [5.41, 5.74) is 1.78. The van der Waals surface area contributed by atoms with Crippen LogP contribution in [0, 0.1) is 11.3 Å². The highest BCUT2D eigenvalue weighted by atomic mass is 16.5. The van der Waals surface area contributed by atoms with Crippen LogP contribution < -0.4 is 4.74 Å². The molecule has 13 heavy (non-hydrogen) atoms. The Labute approximate surface area is 78.8 Å². The van der Waals surface area contributed by atoms with Gasteiger partial charge in [0.25, 0.3) is 0 Å². The van der Waals surface area contributed by atoms with Crippen molar-refractivity contribution in [2.75, 3.05) is 7.11 Å². The van der Waals surface area contributed by atoms with Crippen molar-refractivity contribution in [3.63, 3.8) is 0 Å². The lowest BCUT2D eigenvalue weighted by molar-refractivity contribution is 0.412. The summed E-state index contributed by atoms with van der Waals surface area (Å²) in [6.07, 6.45) is 0. The van der Waals surface area contributed by atoms with Gasteiger partial charge in [0.2, 0.25) is 0 Å². The first-order chi connectivity index (χ1) is 6.19. The van der Waals surface area contributed by atoms with E-state index in [0.29, 0.717) is 17.2 Å². The minimum Gasteiger partial charge on any atom is -0.495 e. The Morgan fingerprint density at radius 2 is 2.08 bits per heavy atom. The zero-order chi connectivity index (χ0) is 9.84. The summed E-state index contributed by atoms with van der Waals surface area (Å²) in [5.74, 6) is 1.12. The predicted octanol–water partition coefficient (Wildman–Crippen LogP) is 2.69. The standard InChI is InChI=1S/C11H13NO/c1-8(2)9-4-5-10(7-12)11(6-9)13-3/h4-6,8H,1-3H3. The smallest absolute Gasteiger partial charge is 0.136 e. The molecule has 0 fully saturated rings. The van der Waals surface area contributed by atoms with E-state index in [1.807, 2.05) is 12.1 Å². The van der Waals surface area contributed by atoms with Crippen LogP contribution in [0.15, 0.2) is 18.2 Å². The van der Waals surface area contributed by atoms with Gasteiger partial charge in [0.1, 0.15) is 11.8 Å². The fraction of sp³-hybridized carbons (Fsp3) is 0.364. The third-order valence-electron chi connectivity index (χ3n) is 2.01. The molecule has 0 spiro atoms. The average Bonchev–Trinajstić information content (AvgIpc) is 2.16. The van der Waals surface area contributed by atoms with E-state index in [-0.39, 0.29) is 0 Å². The molecule has 0 N–H and O–H groups in total. The molecule has 2 heteroatoms. The maximum absolute atomic E-state index is 8.75. The first kappa shape index (κ1) is 9.60. The van der Waals surface area contributed by atoms with Crippen LogP contribution in [0.3, 0.4) is 0 Å². The van der Waals surface area contributed by atoms with Gasteiger partial charge < -0.3 is 4.74 Å². The molecule has 0 aromatic heterocycles. The van der Waals surface area contributed by atoms with Crippen molar-refractivity contribution in [3.05, 3.63) is 29.3 Å². The number of hydrogen-bond donors (Lipinski definition) is 0. The van der Waals surface area contributed by atoms with Crippen molar-refractivity contribution in [2.24, 2.45) is 0 Å². The SMILES string of the molecule is COc1cc(C(C)C)ccc1C#N. The van der Waals surface area contributed by atoms with Crippen LogP contribution >= 0.6 is 0 Å². The number of methoxy groups -OCH3 is 1. The van der Waals surface area contributed by atoms with Gasteiger partial charge in [0, 0.05) is 0 Å². The second-order valence-corrected chi connectivity index (χ2v) is 3.23. The van der Waals surface area contributed by atoms with Crippen LogP contribution in [0.5, 0.6) is 5.75 Å². The summed E-state index contributed by atoms with van der Waals surface area (Å²) < 4.78 is 5.10. The number of ether oxygens (including phenoxy) is 1. The van der Waals surface area contributed by atoms with E-state index >= 15 is 0 Å². The molecule has 0 heterocycles. The molecule has 2 nitrogen and oxygen atoms in total. The van der Waals surface area contributed by atoms with Crippen molar-refractivity contribution in [3.8, 4) is 11.8 Å². The first-order valence-corrected chi connectivity index (χ1v) is 4.27. The van der Waals surface area contributed by atoms with E-state index in [1.165, 1.54) is 5.56 Å². The normalized spacial score (nSPS) is 9.77. The van der Waals surface area contributed by atoms with Gasteiger partial charge in [-0.2, -0.15) is 5.26 Å². The zero-order valence-corrected chi connectivity index (χ0v) is 8.16. The summed E-state index contributed by atoms with van der Waals surface area (Å²) in [7, 11) is 1.58. The molecule has 0 aliphatic heterocycles. The molecule has 0 amide bonds. The maximum atomic E-state index is 8.75. The number of rotatable bonds is 2. The van der Waals surface area contributed by atoms with Crippen LogP contribution in [-0.4, -0.2) is 7.11 Å². The summed E-state index contributed by atoms with van der Waals surface area (Å²) in [5, 5.41) is 8.75. The molecule has 68 valence electrons. The molecular formula is C11H13NO. The summed E-state index contributed by atoms with van der Waals surface area (Å²) in [6, 6.07) is 7.77. The molecular weight excluding hydrogens is 162 g/mol. The van der Waals surface area contributed by atoms with Crippen LogP contribution in [0.2, 0.25) is 0 Å². The van der Waals surface area contributed by atoms with Crippen molar-refractivity contribution < 1.29 is 4.74 Å². The molecule has 0 bridgehead atoms. The van der Waals surface area contributed by atoms with Gasteiger partial charge in [0.15, 0.2) is 0 Å². The van der Waals surface area contributed by atoms with Gasteiger partial charge in [-0.3, -0.25) is 0 Å². The number of hydrogen-bond acceptors (Lipinski definition) is 2. The Bertz CT molecular complexity index is 336. The molecule has 0 radical (unpaired) electrons. The van der Waals surface area contributed by atoms with Gasteiger partial charge in [-0.1, -0.05) is 19.9 Å². The molecule has 0 saturated heterocycles. The monoisotopic (exact) mass is 175 g/mol. The largest absolute Gasteiger partial charge is 0.495 e. The molecule has 1 aromatic carbocycles. The van der Waals surface area contributed by atoms with E-state index in [1.54, 1.807) is 13.2 Å². The lowest BCUT2D eigenvalue weighted by Gasteiger charge is -2.08. The van der Waals surface area contributed by atoms with E-state index < -0.39 is 0 Å². The Balaban J connectivity index is 3.15. The van der Waals surface area contributed by atoms with Gasteiger partial charge in [-0.05, 0) is 23.6 Å². The molecule has 0 atom stereocenters. The summed E-state index contributed by atoms with van der Waals surface area (Å²) in [6.45, 7) is 4.22. The predicted molar refractivity (Wildman–Crippen MR) is 51.8 cm³/mol. The van der Waals surface area contributed by atoms with Gasteiger partial charge in [-0.15, -0.1) is 0 Å². The fourth-order valence-electron chi connectivity index (χ4n) is 1.16. The minimum atomic E-state index is 0.460. The molecule has 1 rings (SSSR count). The molecule has 1 aromatic rings. The Morgan fingerprint density at radius 1 is 1.38 bits per heavy atom. The maximum Gasteiger partial charge on any atom is 0.136 e. The van der Waals surface area contributed by atoms with Crippen LogP contribution in [0.25, 0.3) is 0 Å². The lowest BCUT2D eigenvalue weighted by atomic mass is 10.0. The Kier molecular flexibility index (Phi) is 2.92. The summed E-state index contributed by atoms with van der Waals surface area (Å²) in [4.78, 5) is 0. The third kappa shape index (κ3) is 2.00. The van der Waals surface area contributed by atoms with Crippen molar-refractivity contribution in [2.45, 2.75) is 19.8 Å². The topological polar surface area (TPSA) is 33.0 Å². The molecule has 0 unspecified atom stereocenters. The second-order valence-electron chi connectivity index (χ2n) is 3.23. The molecule has 0 saturated carbocycles. The third-order valence-corrected chi connectivity index (χ3v) is 2.01. The van der Waals surface area contributed by atoms with Gasteiger partial charge >= 0.3 is 0 Å². The minimum absolute atomic E-state index is 0.460. The van der Waals surface area contributed by atoms with E-state index in [0.717, 1.165) is 0 Å². The highest BCUT2D eigenvalue weighted by Crippen LogP contribution is 2.23. The fourth-order valence-corrected chi connectivity index (χ4v) is 1.16. The van der Waals surface area contributed by atoms with Crippen molar-refractivity contribution >= 4 is 0 Å². The Morgan fingerprint density at radius 3 is 2.54 bits per heavy atom. The van der Waals surface area contributed by atoms with Crippen molar-refractivity contribution in [1.29, 1.82) is 5.26 Å². The average molecular weight is 175 g/mol. The quantitative estimate of drug-likeness (QED) is 0.692. The van der Waals surface area contributed by atoms with Gasteiger partial charge in [0.05, 0.1) is 12.7 Å². The number of nitrogens with zero attached hydrogens (tertiary/aromatic N) is 1. The summed E-state index contributed by atoms with van der Waals surface area (Å²) >= 11 is 0. The lowest BCUT2D eigenvalue weighted by Crippen LogP contribution is -1.92. The van der Waals surface area contributed by atoms with Crippen LogP contribution in [0.4, 0.5) is 0 Å². The van der Waals surface area contributed by atoms with E-state index in [2.05, 4.69) is 19.9 Å². The number of benzene rings is 1.